The van der Waals surface area contributed by atoms with Crippen LogP contribution in [-0.4, -0.2) is 37.3 Å². The molecule has 114 valence electrons. The number of thioether (sulfide) groups is 2. The summed E-state index contributed by atoms with van der Waals surface area (Å²) in [6.45, 7) is 6.60. The summed E-state index contributed by atoms with van der Waals surface area (Å²) in [6, 6.07) is 0.225. The monoisotopic (exact) mass is 334 g/mol. The SMILES string of the molecule is Cc1nn(C)c(Cl)c1CC(NN)C1CSC(C)C(C)S1. The molecule has 4 nitrogen and oxygen atoms in total. The summed E-state index contributed by atoms with van der Waals surface area (Å²) in [5.74, 6) is 6.92. The third kappa shape index (κ3) is 3.47. The first-order valence-corrected chi connectivity index (χ1v) is 9.22. The number of aromatic nitrogens is 2. The molecule has 1 fully saturated rings. The Kier molecular flexibility index (Phi) is 5.71. The summed E-state index contributed by atoms with van der Waals surface area (Å²) >= 11 is 10.4. The number of rotatable bonds is 4. The van der Waals surface area contributed by atoms with E-state index in [1.165, 1.54) is 0 Å². The zero-order valence-electron chi connectivity index (χ0n) is 12.4. The fourth-order valence-corrected chi connectivity index (χ4v) is 5.81. The maximum atomic E-state index is 6.33. The molecule has 0 radical (unpaired) electrons. The summed E-state index contributed by atoms with van der Waals surface area (Å²) in [5, 5.41) is 6.96. The van der Waals surface area contributed by atoms with Crippen LogP contribution in [0.2, 0.25) is 5.15 Å². The van der Waals surface area contributed by atoms with Gasteiger partial charge in [-0.2, -0.15) is 28.6 Å². The van der Waals surface area contributed by atoms with Crippen LogP contribution in [0.4, 0.5) is 0 Å². The van der Waals surface area contributed by atoms with Crippen molar-refractivity contribution in [2.45, 2.75) is 49.0 Å². The lowest BCUT2D eigenvalue weighted by Gasteiger charge is -2.35. The second kappa shape index (κ2) is 6.92. The first-order valence-electron chi connectivity index (χ1n) is 6.85. The molecule has 2 heterocycles. The highest BCUT2D eigenvalue weighted by atomic mass is 35.5. The average Bonchev–Trinajstić information content (AvgIpc) is 2.65. The van der Waals surface area contributed by atoms with Crippen molar-refractivity contribution in [2.24, 2.45) is 12.9 Å². The van der Waals surface area contributed by atoms with Crippen molar-refractivity contribution >= 4 is 35.1 Å². The van der Waals surface area contributed by atoms with Gasteiger partial charge in [0.15, 0.2) is 0 Å². The lowest BCUT2D eigenvalue weighted by Crippen LogP contribution is -2.47. The van der Waals surface area contributed by atoms with Gasteiger partial charge in [-0.05, 0) is 13.3 Å². The molecule has 1 aromatic rings. The summed E-state index contributed by atoms with van der Waals surface area (Å²) < 4.78 is 1.73. The molecule has 20 heavy (non-hydrogen) atoms. The van der Waals surface area contributed by atoms with E-state index < -0.39 is 0 Å². The average molecular weight is 335 g/mol. The smallest absolute Gasteiger partial charge is 0.130 e. The zero-order valence-corrected chi connectivity index (χ0v) is 14.8. The van der Waals surface area contributed by atoms with Crippen molar-refractivity contribution in [3.05, 3.63) is 16.4 Å². The van der Waals surface area contributed by atoms with Crippen LogP contribution in [0, 0.1) is 6.92 Å². The normalized spacial score (nSPS) is 28.6. The van der Waals surface area contributed by atoms with Crippen molar-refractivity contribution in [3.63, 3.8) is 0 Å². The van der Waals surface area contributed by atoms with E-state index in [0.717, 1.165) is 28.6 Å². The molecule has 0 aromatic carbocycles. The molecule has 1 aromatic heterocycles. The van der Waals surface area contributed by atoms with Crippen LogP contribution in [0.25, 0.3) is 0 Å². The summed E-state index contributed by atoms with van der Waals surface area (Å²) in [5.41, 5.74) is 5.09. The predicted molar refractivity (Wildman–Crippen MR) is 90.5 cm³/mol. The Hall–Kier alpha value is 0.120. The maximum Gasteiger partial charge on any atom is 0.130 e. The Labute approximate surface area is 134 Å². The van der Waals surface area contributed by atoms with E-state index in [-0.39, 0.29) is 6.04 Å². The van der Waals surface area contributed by atoms with Crippen molar-refractivity contribution in [1.82, 2.24) is 15.2 Å². The van der Waals surface area contributed by atoms with Gasteiger partial charge in [0, 0.05) is 40.2 Å². The zero-order chi connectivity index (χ0) is 14.9. The Morgan fingerprint density at radius 1 is 1.50 bits per heavy atom. The third-order valence-electron chi connectivity index (χ3n) is 3.93. The maximum absolute atomic E-state index is 6.33. The van der Waals surface area contributed by atoms with E-state index in [2.05, 4.69) is 24.4 Å². The highest BCUT2D eigenvalue weighted by Crippen LogP contribution is 2.38. The van der Waals surface area contributed by atoms with E-state index in [1.807, 2.05) is 37.5 Å². The number of nitrogens with zero attached hydrogens (tertiary/aromatic N) is 2. The van der Waals surface area contributed by atoms with Crippen LogP contribution in [0.1, 0.15) is 25.1 Å². The highest BCUT2D eigenvalue weighted by molar-refractivity contribution is 8.07. The van der Waals surface area contributed by atoms with Crippen LogP contribution in [-0.2, 0) is 13.5 Å². The van der Waals surface area contributed by atoms with Gasteiger partial charge in [-0.15, -0.1) is 0 Å². The van der Waals surface area contributed by atoms with E-state index in [4.69, 9.17) is 17.4 Å². The number of halogens is 1. The Morgan fingerprint density at radius 2 is 2.20 bits per heavy atom. The van der Waals surface area contributed by atoms with Gasteiger partial charge in [-0.25, -0.2) is 0 Å². The lowest BCUT2D eigenvalue weighted by molar-refractivity contribution is 0.520. The molecule has 4 atom stereocenters. The molecule has 0 aliphatic carbocycles. The second-order valence-corrected chi connectivity index (χ2v) is 8.76. The number of hydrogen-bond donors (Lipinski definition) is 2. The second-order valence-electron chi connectivity index (χ2n) is 5.37. The van der Waals surface area contributed by atoms with Gasteiger partial charge >= 0.3 is 0 Å². The molecular weight excluding hydrogens is 312 g/mol. The summed E-state index contributed by atoms with van der Waals surface area (Å²) in [6.07, 6.45) is 0.828. The van der Waals surface area contributed by atoms with E-state index >= 15 is 0 Å². The lowest BCUT2D eigenvalue weighted by atomic mass is 10.1. The fourth-order valence-electron chi connectivity index (χ4n) is 2.44. The minimum atomic E-state index is 0.225. The van der Waals surface area contributed by atoms with Gasteiger partial charge in [0.2, 0.25) is 0 Å². The number of aryl methyl sites for hydroxylation is 2. The van der Waals surface area contributed by atoms with E-state index in [0.29, 0.717) is 15.7 Å². The first kappa shape index (κ1) is 16.5. The molecule has 2 rings (SSSR count). The van der Waals surface area contributed by atoms with E-state index in [1.54, 1.807) is 4.68 Å². The van der Waals surface area contributed by atoms with E-state index in [9.17, 15) is 0 Å². The van der Waals surface area contributed by atoms with Gasteiger partial charge in [-0.3, -0.25) is 16.0 Å². The first-order chi connectivity index (χ1) is 9.43. The molecule has 7 heteroatoms. The minimum absolute atomic E-state index is 0.225. The van der Waals surface area contributed by atoms with Gasteiger partial charge in [0.25, 0.3) is 0 Å². The fraction of sp³-hybridized carbons (Fsp3) is 0.769. The van der Waals surface area contributed by atoms with Crippen molar-refractivity contribution in [3.8, 4) is 0 Å². The molecule has 1 saturated heterocycles. The Morgan fingerprint density at radius 3 is 2.70 bits per heavy atom. The van der Waals surface area contributed by atoms with Gasteiger partial charge in [-0.1, -0.05) is 25.4 Å². The molecule has 0 saturated carbocycles. The van der Waals surface area contributed by atoms with Crippen LogP contribution in [0.15, 0.2) is 0 Å². The van der Waals surface area contributed by atoms with Crippen molar-refractivity contribution in [1.29, 1.82) is 0 Å². The number of hydrogen-bond acceptors (Lipinski definition) is 5. The molecule has 0 bridgehead atoms. The van der Waals surface area contributed by atoms with Crippen molar-refractivity contribution < 1.29 is 0 Å². The largest absolute Gasteiger partial charge is 0.271 e. The topological polar surface area (TPSA) is 55.9 Å². The number of nitrogens with two attached hydrogens (primary N) is 1. The van der Waals surface area contributed by atoms with Gasteiger partial charge in [0.1, 0.15) is 5.15 Å². The van der Waals surface area contributed by atoms with Crippen LogP contribution < -0.4 is 11.3 Å². The summed E-state index contributed by atoms with van der Waals surface area (Å²) in [7, 11) is 1.87. The Balaban J connectivity index is 2.09. The predicted octanol–water partition coefficient (Wildman–Crippen LogP) is 2.38. The molecule has 0 amide bonds. The standard InChI is InChI=1S/C13H23ClN4S2/c1-7-10(13(14)18(4)17-7)5-11(16-15)12-6-19-8(2)9(3)20-12/h8-9,11-12,16H,5-6,15H2,1-4H3. The minimum Gasteiger partial charge on any atom is -0.271 e. The molecule has 3 N–H and O–H groups in total. The highest BCUT2D eigenvalue weighted by Gasteiger charge is 2.32. The van der Waals surface area contributed by atoms with Gasteiger partial charge in [0.05, 0.1) is 5.69 Å². The summed E-state index contributed by atoms with van der Waals surface area (Å²) in [4.78, 5) is 0. The molecule has 1 aliphatic heterocycles. The van der Waals surface area contributed by atoms with Crippen LogP contribution in [0.5, 0.6) is 0 Å². The number of nitrogens with one attached hydrogen (secondary N) is 1. The quantitative estimate of drug-likeness (QED) is 0.654. The third-order valence-corrected chi connectivity index (χ3v) is 7.95. The van der Waals surface area contributed by atoms with Crippen LogP contribution >= 0.6 is 35.1 Å². The molecular formula is C13H23ClN4S2. The van der Waals surface area contributed by atoms with Gasteiger partial charge < -0.3 is 0 Å². The Bertz CT molecular complexity index is 465. The molecule has 1 aliphatic rings. The molecule has 0 spiro atoms. The number of hydrazine groups is 1. The van der Waals surface area contributed by atoms with Crippen LogP contribution in [0.3, 0.4) is 0 Å². The molecule has 4 unspecified atom stereocenters. The van der Waals surface area contributed by atoms with Crippen molar-refractivity contribution in [2.75, 3.05) is 5.75 Å².